The van der Waals surface area contributed by atoms with Crippen molar-refractivity contribution < 1.29 is 4.79 Å². The van der Waals surface area contributed by atoms with Crippen molar-refractivity contribution in [3.05, 3.63) is 23.8 Å². The van der Waals surface area contributed by atoms with Gasteiger partial charge in [0, 0.05) is 31.5 Å². The van der Waals surface area contributed by atoms with E-state index in [0.29, 0.717) is 6.54 Å². The van der Waals surface area contributed by atoms with Crippen molar-refractivity contribution in [3.8, 4) is 0 Å². The molecule has 0 unspecified atom stereocenters. The van der Waals surface area contributed by atoms with Crippen LogP contribution in [0.2, 0.25) is 0 Å². The number of anilines is 2. The van der Waals surface area contributed by atoms with E-state index in [1.165, 1.54) is 16.9 Å². The Kier molecular flexibility index (Phi) is 4.66. The molecule has 0 saturated heterocycles. The van der Waals surface area contributed by atoms with Crippen molar-refractivity contribution in [2.24, 2.45) is 0 Å². The lowest BCUT2D eigenvalue weighted by molar-refractivity contribution is -0.119. The molecule has 1 aromatic carbocycles. The number of rotatable bonds is 5. The Bertz CT molecular complexity index is 445. The molecule has 0 aromatic heterocycles. The van der Waals surface area contributed by atoms with Crippen molar-refractivity contribution in [1.29, 1.82) is 0 Å². The fraction of sp³-hybridized carbons (Fsp3) is 0.533. The summed E-state index contributed by atoms with van der Waals surface area (Å²) in [5.74, 6) is 0.0646. The van der Waals surface area contributed by atoms with Crippen LogP contribution in [0, 0.1) is 0 Å². The molecule has 4 nitrogen and oxygen atoms in total. The molecule has 0 radical (unpaired) electrons. The molecular formula is C15H23N3O. The number of nitrogens with zero attached hydrogens (tertiary/aromatic N) is 1. The molecule has 0 saturated carbocycles. The smallest absolute Gasteiger partial charge is 0.239 e. The quantitative estimate of drug-likeness (QED) is 0.852. The van der Waals surface area contributed by atoms with Gasteiger partial charge in [0.15, 0.2) is 0 Å². The maximum atomic E-state index is 11.7. The van der Waals surface area contributed by atoms with E-state index in [2.05, 4.69) is 40.7 Å². The van der Waals surface area contributed by atoms with Crippen LogP contribution in [0.1, 0.15) is 25.3 Å². The average Bonchev–Trinajstić information content (AvgIpc) is 2.46. The molecule has 1 aromatic rings. The van der Waals surface area contributed by atoms with Crippen molar-refractivity contribution in [3.63, 3.8) is 0 Å². The normalized spacial score (nSPS) is 13.4. The summed E-state index contributed by atoms with van der Waals surface area (Å²) in [5, 5.41) is 6.15. The molecular weight excluding hydrogens is 238 g/mol. The maximum absolute atomic E-state index is 11.7. The summed E-state index contributed by atoms with van der Waals surface area (Å²) < 4.78 is 0. The number of hydrogen-bond acceptors (Lipinski definition) is 3. The highest BCUT2D eigenvalue weighted by molar-refractivity contribution is 5.82. The lowest BCUT2D eigenvalue weighted by Crippen LogP contribution is -2.37. The Morgan fingerprint density at radius 3 is 3.05 bits per heavy atom. The largest absolute Gasteiger partial charge is 0.385 e. The highest BCUT2D eigenvalue weighted by atomic mass is 16.1. The van der Waals surface area contributed by atoms with E-state index in [1.807, 2.05) is 0 Å². The van der Waals surface area contributed by atoms with Gasteiger partial charge in [-0.25, -0.2) is 0 Å². The summed E-state index contributed by atoms with van der Waals surface area (Å²) in [5.41, 5.74) is 3.78. The summed E-state index contributed by atoms with van der Waals surface area (Å²) in [7, 11) is 1.69. The van der Waals surface area contributed by atoms with Gasteiger partial charge in [0.25, 0.3) is 0 Å². The first kappa shape index (κ1) is 13.7. The van der Waals surface area contributed by atoms with Crippen LogP contribution < -0.4 is 15.5 Å². The van der Waals surface area contributed by atoms with Gasteiger partial charge in [-0.1, -0.05) is 13.0 Å². The van der Waals surface area contributed by atoms with Crippen molar-refractivity contribution in [2.45, 2.75) is 26.2 Å². The number of nitrogens with one attached hydrogen (secondary N) is 2. The molecule has 1 amide bonds. The molecule has 1 heterocycles. The second-order valence-corrected chi connectivity index (χ2v) is 4.93. The summed E-state index contributed by atoms with van der Waals surface area (Å²) in [6.45, 7) is 4.52. The monoisotopic (exact) mass is 261 g/mol. The Labute approximate surface area is 115 Å². The van der Waals surface area contributed by atoms with Gasteiger partial charge in [0.2, 0.25) is 5.91 Å². The Morgan fingerprint density at radius 1 is 1.47 bits per heavy atom. The van der Waals surface area contributed by atoms with Gasteiger partial charge in [0.1, 0.15) is 0 Å². The Morgan fingerprint density at radius 2 is 2.32 bits per heavy atom. The zero-order valence-electron chi connectivity index (χ0n) is 11.8. The average molecular weight is 261 g/mol. The number of carbonyl (C=O) groups excluding carboxylic acids is 1. The predicted molar refractivity (Wildman–Crippen MR) is 79.8 cm³/mol. The van der Waals surface area contributed by atoms with Gasteiger partial charge < -0.3 is 15.5 Å². The summed E-state index contributed by atoms with van der Waals surface area (Å²) >= 11 is 0. The zero-order valence-corrected chi connectivity index (χ0v) is 11.8. The second-order valence-electron chi connectivity index (χ2n) is 4.93. The Hall–Kier alpha value is -1.71. The first-order valence-corrected chi connectivity index (χ1v) is 7.07. The van der Waals surface area contributed by atoms with Crippen LogP contribution in [-0.4, -0.2) is 32.6 Å². The molecule has 4 heteroatoms. The van der Waals surface area contributed by atoms with E-state index in [-0.39, 0.29) is 5.91 Å². The molecule has 2 rings (SSSR count). The Balaban J connectivity index is 2.27. The fourth-order valence-corrected chi connectivity index (χ4v) is 2.59. The van der Waals surface area contributed by atoms with E-state index in [9.17, 15) is 4.79 Å². The topological polar surface area (TPSA) is 44.4 Å². The van der Waals surface area contributed by atoms with Crippen molar-refractivity contribution in [2.75, 3.05) is 36.9 Å². The molecule has 0 bridgehead atoms. The van der Waals surface area contributed by atoms with Crippen LogP contribution >= 0.6 is 0 Å². The molecule has 0 atom stereocenters. The molecule has 1 aliphatic heterocycles. The highest BCUT2D eigenvalue weighted by Crippen LogP contribution is 2.31. The van der Waals surface area contributed by atoms with Gasteiger partial charge in [-0.3, -0.25) is 4.79 Å². The third kappa shape index (κ3) is 3.19. The van der Waals surface area contributed by atoms with Crippen molar-refractivity contribution in [1.82, 2.24) is 5.32 Å². The minimum absolute atomic E-state index is 0.0646. The van der Waals surface area contributed by atoms with Crippen LogP contribution in [0.15, 0.2) is 18.2 Å². The van der Waals surface area contributed by atoms with Crippen LogP contribution in [0.4, 0.5) is 11.4 Å². The first-order valence-electron chi connectivity index (χ1n) is 7.07. The van der Waals surface area contributed by atoms with Crippen LogP contribution in [0.25, 0.3) is 0 Å². The van der Waals surface area contributed by atoms with Crippen LogP contribution in [-0.2, 0) is 11.2 Å². The standard InChI is InChI=1S/C15H23N3O/c1-3-10-18(11-15(19)16-2)14-8-4-7-13-12(14)6-5-9-17-13/h4,7-8,17H,3,5-6,9-11H2,1-2H3,(H,16,19). The molecule has 0 aliphatic carbocycles. The number of carbonyl (C=O) groups is 1. The van der Waals surface area contributed by atoms with Crippen LogP contribution in [0.5, 0.6) is 0 Å². The number of benzene rings is 1. The molecule has 0 spiro atoms. The molecule has 19 heavy (non-hydrogen) atoms. The SMILES string of the molecule is CCCN(CC(=O)NC)c1cccc2c1CCCN2. The number of fused-ring (bicyclic) bond motifs is 1. The highest BCUT2D eigenvalue weighted by Gasteiger charge is 2.18. The molecule has 104 valence electrons. The third-order valence-corrected chi connectivity index (χ3v) is 3.52. The number of hydrogen-bond donors (Lipinski definition) is 2. The molecule has 0 fully saturated rings. The first-order chi connectivity index (χ1) is 9.26. The fourth-order valence-electron chi connectivity index (χ4n) is 2.59. The van der Waals surface area contributed by atoms with Crippen LogP contribution in [0.3, 0.4) is 0 Å². The van der Waals surface area contributed by atoms with Gasteiger partial charge in [-0.2, -0.15) is 0 Å². The lowest BCUT2D eigenvalue weighted by Gasteiger charge is -2.29. The van der Waals surface area contributed by atoms with Gasteiger partial charge in [-0.15, -0.1) is 0 Å². The number of likely N-dealkylation sites (N-methyl/N-ethyl adjacent to an activating group) is 1. The van der Waals surface area contributed by atoms with E-state index in [4.69, 9.17) is 0 Å². The zero-order chi connectivity index (χ0) is 13.7. The number of amides is 1. The summed E-state index contributed by atoms with van der Waals surface area (Å²) in [6, 6.07) is 6.32. The van der Waals surface area contributed by atoms with E-state index >= 15 is 0 Å². The molecule has 2 N–H and O–H groups in total. The second kappa shape index (κ2) is 6.45. The van der Waals surface area contributed by atoms with Gasteiger partial charge in [0.05, 0.1) is 6.54 Å². The minimum atomic E-state index is 0.0646. The van der Waals surface area contributed by atoms with E-state index in [0.717, 1.165) is 32.4 Å². The maximum Gasteiger partial charge on any atom is 0.239 e. The van der Waals surface area contributed by atoms with Gasteiger partial charge in [-0.05, 0) is 37.0 Å². The van der Waals surface area contributed by atoms with Crippen molar-refractivity contribution >= 4 is 17.3 Å². The third-order valence-electron chi connectivity index (χ3n) is 3.52. The minimum Gasteiger partial charge on any atom is -0.385 e. The van der Waals surface area contributed by atoms with E-state index in [1.54, 1.807) is 7.05 Å². The molecule has 1 aliphatic rings. The van der Waals surface area contributed by atoms with E-state index < -0.39 is 0 Å². The lowest BCUT2D eigenvalue weighted by atomic mass is 10.0. The van der Waals surface area contributed by atoms with Gasteiger partial charge >= 0.3 is 0 Å². The summed E-state index contributed by atoms with van der Waals surface area (Å²) in [6.07, 6.45) is 3.28. The summed E-state index contributed by atoms with van der Waals surface area (Å²) in [4.78, 5) is 13.9. The predicted octanol–water partition coefficient (Wildman–Crippen LogP) is 2.01.